The summed E-state index contributed by atoms with van der Waals surface area (Å²) in [7, 11) is 0. The number of anilines is 1. The summed E-state index contributed by atoms with van der Waals surface area (Å²) in [5.41, 5.74) is 6.87. The van der Waals surface area contributed by atoms with Gasteiger partial charge in [0, 0.05) is 19.0 Å². The number of nitrogens with two attached hydrogens (primary N) is 1. The maximum Gasteiger partial charge on any atom is 0.269 e. The van der Waals surface area contributed by atoms with E-state index in [4.69, 9.17) is 5.73 Å². The van der Waals surface area contributed by atoms with Gasteiger partial charge < -0.3 is 11.1 Å². The number of nitrogen functional groups attached to an aromatic ring is 1. The molecule has 0 spiro atoms. The Balaban J connectivity index is 1.49. The van der Waals surface area contributed by atoms with Gasteiger partial charge in [-0.3, -0.25) is 9.89 Å². The highest BCUT2D eigenvalue weighted by atomic mass is 32.1. The molecule has 0 aliphatic heterocycles. The Bertz CT molecular complexity index is 730. The third kappa shape index (κ3) is 3.19. The van der Waals surface area contributed by atoms with E-state index in [9.17, 15) is 4.79 Å². The number of fused-ring (bicyclic) bond motifs is 1. The number of aryl methyl sites for hydroxylation is 1. The van der Waals surface area contributed by atoms with Crippen LogP contribution in [-0.2, 0) is 6.42 Å². The molecule has 3 rings (SSSR count). The third-order valence-electron chi connectivity index (χ3n) is 3.03. The number of H-pyrrole nitrogens is 1. The molecular formula is C14H15N5OS. The molecule has 0 saturated heterocycles. The molecule has 0 unspecified atom stereocenters. The molecule has 4 N–H and O–H groups in total. The highest BCUT2D eigenvalue weighted by Gasteiger charge is 2.08. The van der Waals surface area contributed by atoms with Crippen molar-refractivity contribution in [3.63, 3.8) is 0 Å². The minimum Gasteiger partial charge on any atom is -0.382 e. The van der Waals surface area contributed by atoms with Crippen LogP contribution < -0.4 is 11.1 Å². The number of amides is 1. The van der Waals surface area contributed by atoms with E-state index in [1.54, 1.807) is 11.3 Å². The lowest BCUT2D eigenvalue weighted by Crippen LogP contribution is -2.25. The molecule has 0 saturated carbocycles. The van der Waals surface area contributed by atoms with Crippen LogP contribution in [0.2, 0.25) is 0 Å². The van der Waals surface area contributed by atoms with Gasteiger partial charge in [0.25, 0.3) is 5.91 Å². The maximum absolute atomic E-state index is 11.8. The van der Waals surface area contributed by atoms with Gasteiger partial charge in [-0.2, -0.15) is 5.10 Å². The summed E-state index contributed by atoms with van der Waals surface area (Å²) in [6.45, 7) is 0.591. The zero-order chi connectivity index (χ0) is 14.7. The smallest absolute Gasteiger partial charge is 0.269 e. The Labute approximate surface area is 125 Å². The molecule has 0 bridgehead atoms. The van der Waals surface area contributed by atoms with Crippen LogP contribution in [0.4, 0.5) is 5.82 Å². The average Bonchev–Trinajstić information content (AvgIpc) is 3.09. The van der Waals surface area contributed by atoms with E-state index in [-0.39, 0.29) is 5.91 Å². The summed E-state index contributed by atoms with van der Waals surface area (Å²) in [6, 6.07) is 9.60. The van der Waals surface area contributed by atoms with Gasteiger partial charge in [-0.15, -0.1) is 11.3 Å². The van der Waals surface area contributed by atoms with Crippen LogP contribution in [0.5, 0.6) is 0 Å². The zero-order valence-corrected chi connectivity index (χ0v) is 12.1. The molecule has 0 radical (unpaired) electrons. The molecule has 0 fully saturated rings. The zero-order valence-electron chi connectivity index (χ0n) is 11.3. The summed E-state index contributed by atoms with van der Waals surface area (Å²) < 4.78 is 1.20. The fourth-order valence-corrected chi connectivity index (χ4v) is 3.03. The number of thiazole rings is 1. The quantitative estimate of drug-likeness (QED) is 0.628. The fraction of sp³-hybridized carbons (Fsp3) is 0.214. The van der Waals surface area contributed by atoms with Crippen molar-refractivity contribution in [3.8, 4) is 0 Å². The van der Waals surface area contributed by atoms with Crippen LogP contribution in [0, 0.1) is 0 Å². The molecule has 3 aromatic rings. The minimum absolute atomic E-state index is 0.191. The average molecular weight is 301 g/mol. The molecule has 0 aliphatic carbocycles. The topological polar surface area (TPSA) is 96.7 Å². The highest BCUT2D eigenvalue weighted by Crippen LogP contribution is 2.22. The van der Waals surface area contributed by atoms with Crippen molar-refractivity contribution in [2.75, 3.05) is 12.3 Å². The number of rotatable bonds is 5. The first-order chi connectivity index (χ1) is 10.2. The fourth-order valence-electron chi connectivity index (χ4n) is 2.02. The number of nitrogens with zero attached hydrogens (tertiary/aromatic N) is 2. The first-order valence-electron chi connectivity index (χ1n) is 6.66. The standard InChI is InChI=1S/C14H15N5OS/c15-12-8-10(18-19-12)14(20)16-7-3-6-13-17-9-4-1-2-5-11(9)21-13/h1-2,4-5,8H,3,6-7H2,(H,16,20)(H3,15,18,19). The van der Waals surface area contributed by atoms with E-state index >= 15 is 0 Å². The number of aromatic amines is 1. The van der Waals surface area contributed by atoms with Gasteiger partial charge in [-0.25, -0.2) is 4.98 Å². The normalized spacial score (nSPS) is 10.9. The monoisotopic (exact) mass is 301 g/mol. The Kier molecular flexibility index (Phi) is 3.83. The number of hydrogen-bond donors (Lipinski definition) is 3. The molecule has 1 amide bonds. The molecule has 7 heteroatoms. The van der Waals surface area contributed by atoms with Gasteiger partial charge in [0.15, 0.2) is 0 Å². The summed E-state index contributed by atoms with van der Waals surface area (Å²) in [5, 5.41) is 10.2. The largest absolute Gasteiger partial charge is 0.382 e. The van der Waals surface area contributed by atoms with Crippen LogP contribution >= 0.6 is 11.3 Å². The molecule has 6 nitrogen and oxygen atoms in total. The Morgan fingerprint density at radius 2 is 2.24 bits per heavy atom. The molecular weight excluding hydrogens is 286 g/mol. The molecule has 108 valence electrons. The lowest BCUT2D eigenvalue weighted by Gasteiger charge is -2.01. The summed E-state index contributed by atoms with van der Waals surface area (Å²) in [5.74, 6) is 0.123. The van der Waals surface area contributed by atoms with Crippen molar-refractivity contribution in [2.24, 2.45) is 0 Å². The maximum atomic E-state index is 11.8. The predicted octanol–water partition coefficient (Wildman–Crippen LogP) is 1.96. The van der Waals surface area contributed by atoms with Crippen molar-refractivity contribution >= 4 is 33.3 Å². The van der Waals surface area contributed by atoms with E-state index in [2.05, 4.69) is 26.6 Å². The second-order valence-electron chi connectivity index (χ2n) is 4.64. The number of aromatic nitrogens is 3. The lowest BCUT2D eigenvalue weighted by atomic mass is 10.3. The Morgan fingerprint density at radius 3 is 3.00 bits per heavy atom. The van der Waals surface area contributed by atoms with E-state index in [1.807, 2.05) is 18.2 Å². The Morgan fingerprint density at radius 1 is 1.38 bits per heavy atom. The molecule has 21 heavy (non-hydrogen) atoms. The van der Waals surface area contributed by atoms with Crippen molar-refractivity contribution < 1.29 is 4.79 Å². The van der Waals surface area contributed by atoms with Gasteiger partial charge in [0.1, 0.15) is 11.5 Å². The second kappa shape index (κ2) is 5.92. The van der Waals surface area contributed by atoms with Gasteiger partial charge >= 0.3 is 0 Å². The first kappa shape index (κ1) is 13.6. The van der Waals surface area contributed by atoms with Gasteiger partial charge in [0.05, 0.1) is 15.2 Å². The first-order valence-corrected chi connectivity index (χ1v) is 7.47. The summed E-state index contributed by atoms with van der Waals surface area (Å²) in [6.07, 6.45) is 1.69. The highest BCUT2D eigenvalue weighted by molar-refractivity contribution is 7.18. The van der Waals surface area contributed by atoms with Crippen LogP contribution in [0.15, 0.2) is 30.3 Å². The van der Waals surface area contributed by atoms with Crippen molar-refractivity contribution in [1.82, 2.24) is 20.5 Å². The number of benzene rings is 1. The lowest BCUT2D eigenvalue weighted by molar-refractivity contribution is 0.0948. The van der Waals surface area contributed by atoms with Crippen molar-refractivity contribution in [3.05, 3.63) is 41.0 Å². The van der Waals surface area contributed by atoms with Gasteiger partial charge in [0.2, 0.25) is 0 Å². The van der Waals surface area contributed by atoms with Crippen molar-refractivity contribution in [1.29, 1.82) is 0 Å². The van der Waals surface area contributed by atoms with E-state index in [0.717, 1.165) is 23.4 Å². The molecule has 2 aromatic heterocycles. The predicted molar refractivity (Wildman–Crippen MR) is 83.3 cm³/mol. The molecule has 0 atom stereocenters. The van der Waals surface area contributed by atoms with Gasteiger partial charge in [-0.1, -0.05) is 12.1 Å². The van der Waals surface area contributed by atoms with E-state index < -0.39 is 0 Å². The van der Waals surface area contributed by atoms with Crippen LogP contribution in [-0.4, -0.2) is 27.6 Å². The Hall–Kier alpha value is -2.41. The summed E-state index contributed by atoms with van der Waals surface area (Å²) in [4.78, 5) is 16.3. The number of carbonyl (C=O) groups excluding carboxylic acids is 1. The molecule has 0 aliphatic rings. The van der Waals surface area contributed by atoms with Gasteiger partial charge in [-0.05, 0) is 18.6 Å². The van der Waals surface area contributed by atoms with Crippen LogP contribution in [0.25, 0.3) is 10.2 Å². The number of para-hydroxylation sites is 1. The number of nitrogens with one attached hydrogen (secondary N) is 2. The summed E-state index contributed by atoms with van der Waals surface area (Å²) >= 11 is 1.70. The number of hydrogen-bond acceptors (Lipinski definition) is 5. The van der Waals surface area contributed by atoms with Crippen molar-refractivity contribution in [2.45, 2.75) is 12.8 Å². The minimum atomic E-state index is -0.191. The number of carbonyl (C=O) groups is 1. The van der Waals surface area contributed by atoms with Crippen LogP contribution in [0.3, 0.4) is 0 Å². The molecule has 1 aromatic carbocycles. The SMILES string of the molecule is Nc1cc(C(=O)NCCCc2nc3ccccc3s2)[nH]n1. The third-order valence-corrected chi connectivity index (χ3v) is 4.13. The van der Waals surface area contributed by atoms with E-state index in [1.165, 1.54) is 10.8 Å². The van der Waals surface area contributed by atoms with E-state index in [0.29, 0.717) is 18.1 Å². The molecule has 2 heterocycles. The second-order valence-corrected chi connectivity index (χ2v) is 5.76. The van der Waals surface area contributed by atoms with Crippen LogP contribution in [0.1, 0.15) is 21.9 Å².